The lowest BCUT2D eigenvalue weighted by Gasteiger charge is -2.29. The summed E-state index contributed by atoms with van der Waals surface area (Å²) >= 11 is 0. The van der Waals surface area contributed by atoms with Gasteiger partial charge in [0.2, 0.25) is 5.95 Å². The maximum atomic E-state index is 5.85. The van der Waals surface area contributed by atoms with E-state index in [-0.39, 0.29) is 0 Å². The molecular formula is C11H18N4O. The van der Waals surface area contributed by atoms with Crippen LogP contribution in [-0.2, 0) is 0 Å². The molecule has 2 rings (SSSR count). The summed E-state index contributed by atoms with van der Waals surface area (Å²) in [5.41, 5.74) is 5.85. The van der Waals surface area contributed by atoms with Crippen molar-refractivity contribution in [1.82, 2.24) is 9.97 Å². The van der Waals surface area contributed by atoms with Gasteiger partial charge in [-0.05, 0) is 19.8 Å². The number of nitrogens with zero attached hydrogens (tertiary/aromatic N) is 3. The second-order valence-corrected chi connectivity index (χ2v) is 3.98. The average Bonchev–Trinajstić information content (AvgIpc) is 2.32. The zero-order valence-electron chi connectivity index (χ0n) is 9.59. The van der Waals surface area contributed by atoms with Crippen LogP contribution in [-0.4, -0.2) is 35.7 Å². The minimum atomic E-state index is 0.332. The Morgan fingerprint density at radius 3 is 2.56 bits per heavy atom. The highest BCUT2D eigenvalue weighted by Gasteiger charge is 2.17. The standard InChI is InChI=1S/C11H18N4O/c1-2-16-10-7-13-11(14-8-10)15-5-3-9(12)4-6-15/h7-9H,2-6,12H2,1H3. The minimum Gasteiger partial charge on any atom is -0.491 e. The third-order valence-corrected chi connectivity index (χ3v) is 2.75. The smallest absolute Gasteiger partial charge is 0.225 e. The Hall–Kier alpha value is -1.36. The molecule has 2 heterocycles. The maximum absolute atomic E-state index is 5.85. The Labute approximate surface area is 95.6 Å². The molecule has 88 valence electrons. The van der Waals surface area contributed by atoms with Gasteiger partial charge in [0.1, 0.15) is 0 Å². The van der Waals surface area contributed by atoms with E-state index in [9.17, 15) is 0 Å². The summed E-state index contributed by atoms with van der Waals surface area (Å²) in [5.74, 6) is 1.50. The topological polar surface area (TPSA) is 64.3 Å². The van der Waals surface area contributed by atoms with Crippen molar-refractivity contribution in [2.75, 3.05) is 24.6 Å². The largest absolute Gasteiger partial charge is 0.491 e. The first-order valence-corrected chi connectivity index (χ1v) is 5.75. The zero-order chi connectivity index (χ0) is 11.4. The van der Waals surface area contributed by atoms with Gasteiger partial charge < -0.3 is 15.4 Å². The van der Waals surface area contributed by atoms with Crippen molar-refractivity contribution < 1.29 is 4.74 Å². The molecule has 0 aromatic carbocycles. The SMILES string of the molecule is CCOc1cnc(N2CCC(N)CC2)nc1. The average molecular weight is 222 g/mol. The van der Waals surface area contributed by atoms with Gasteiger partial charge in [0, 0.05) is 19.1 Å². The first-order chi connectivity index (χ1) is 7.79. The molecule has 1 aromatic rings. The van der Waals surface area contributed by atoms with Crippen LogP contribution in [0.25, 0.3) is 0 Å². The van der Waals surface area contributed by atoms with Crippen molar-refractivity contribution >= 4 is 5.95 Å². The fourth-order valence-electron chi connectivity index (χ4n) is 1.81. The van der Waals surface area contributed by atoms with Crippen LogP contribution < -0.4 is 15.4 Å². The van der Waals surface area contributed by atoms with Gasteiger partial charge >= 0.3 is 0 Å². The van der Waals surface area contributed by atoms with Crippen molar-refractivity contribution in [3.8, 4) is 5.75 Å². The van der Waals surface area contributed by atoms with Crippen LogP contribution >= 0.6 is 0 Å². The van der Waals surface area contributed by atoms with E-state index in [4.69, 9.17) is 10.5 Å². The van der Waals surface area contributed by atoms with Crippen molar-refractivity contribution in [2.45, 2.75) is 25.8 Å². The van der Waals surface area contributed by atoms with Crippen LogP contribution in [0.4, 0.5) is 5.95 Å². The number of rotatable bonds is 3. The number of ether oxygens (including phenoxy) is 1. The summed E-state index contributed by atoms with van der Waals surface area (Å²) < 4.78 is 5.30. The summed E-state index contributed by atoms with van der Waals surface area (Å²) in [6, 6.07) is 0.332. The Kier molecular flexibility index (Phi) is 3.56. The van der Waals surface area contributed by atoms with Crippen molar-refractivity contribution in [1.29, 1.82) is 0 Å². The Morgan fingerprint density at radius 2 is 2.00 bits per heavy atom. The van der Waals surface area contributed by atoms with E-state index in [1.807, 2.05) is 6.92 Å². The van der Waals surface area contributed by atoms with E-state index in [2.05, 4.69) is 14.9 Å². The second-order valence-electron chi connectivity index (χ2n) is 3.98. The lowest BCUT2D eigenvalue weighted by Crippen LogP contribution is -2.40. The van der Waals surface area contributed by atoms with Gasteiger partial charge in [-0.25, -0.2) is 9.97 Å². The number of aromatic nitrogens is 2. The third-order valence-electron chi connectivity index (χ3n) is 2.75. The Morgan fingerprint density at radius 1 is 1.38 bits per heavy atom. The molecule has 0 bridgehead atoms. The minimum absolute atomic E-state index is 0.332. The molecule has 0 spiro atoms. The van der Waals surface area contributed by atoms with Crippen molar-refractivity contribution in [3.63, 3.8) is 0 Å². The molecular weight excluding hydrogens is 204 g/mol. The summed E-state index contributed by atoms with van der Waals surface area (Å²) in [5, 5.41) is 0. The molecule has 5 heteroatoms. The van der Waals surface area contributed by atoms with Gasteiger partial charge in [-0.1, -0.05) is 0 Å². The zero-order valence-corrected chi connectivity index (χ0v) is 9.59. The Bertz CT molecular complexity index is 319. The lowest BCUT2D eigenvalue weighted by atomic mass is 10.1. The van der Waals surface area contributed by atoms with Gasteiger partial charge in [0.25, 0.3) is 0 Å². The van der Waals surface area contributed by atoms with Gasteiger partial charge in [0.05, 0.1) is 19.0 Å². The molecule has 0 atom stereocenters. The fourth-order valence-corrected chi connectivity index (χ4v) is 1.81. The van der Waals surface area contributed by atoms with Crippen molar-refractivity contribution in [2.24, 2.45) is 5.73 Å². The molecule has 2 N–H and O–H groups in total. The monoisotopic (exact) mass is 222 g/mol. The molecule has 1 aliphatic rings. The van der Waals surface area contributed by atoms with Crippen LogP contribution in [0.3, 0.4) is 0 Å². The summed E-state index contributed by atoms with van der Waals surface area (Å²) in [4.78, 5) is 10.8. The molecule has 0 saturated carbocycles. The quantitative estimate of drug-likeness (QED) is 0.819. The normalized spacial score (nSPS) is 17.5. The first kappa shape index (κ1) is 11.1. The third kappa shape index (κ3) is 2.61. The van der Waals surface area contributed by atoms with E-state index in [1.54, 1.807) is 12.4 Å². The highest BCUT2D eigenvalue weighted by Crippen LogP contribution is 2.16. The van der Waals surface area contributed by atoms with Gasteiger partial charge in [-0.2, -0.15) is 0 Å². The van der Waals surface area contributed by atoms with Crippen LogP contribution in [0.1, 0.15) is 19.8 Å². The summed E-state index contributed by atoms with van der Waals surface area (Å²) in [7, 11) is 0. The van der Waals surface area contributed by atoms with E-state index in [1.165, 1.54) is 0 Å². The predicted octanol–water partition coefficient (Wildman–Crippen LogP) is 0.803. The number of hydrogen-bond acceptors (Lipinski definition) is 5. The van der Waals surface area contributed by atoms with E-state index < -0.39 is 0 Å². The second kappa shape index (κ2) is 5.12. The van der Waals surface area contributed by atoms with Gasteiger partial charge in [-0.15, -0.1) is 0 Å². The molecule has 0 aliphatic carbocycles. The maximum Gasteiger partial charge on any atom is 0.225 e. The highest BCUT2D eigenvalue weighted by atomic mass is 16.5. The molecule has 1 aliphatic heterocycles. The molecule has 5 nitrogen and oxygen atoms in total. The van der Waals surface area contributed by atoms with Gasteiger partial charge in [0.15, 0.2) is 5.75 Å². The van der Waals surface area contributed by atoms with Crippen LogP contribution in [0.2, 0.25) is 0 Å². The highest BCUT2D eigenvalue weighted by molar-refractivity contribution is 5.32. The van der Waals surface area contributed by atoms with E-state index in [0.717, 1.165) is 37.6 Å². The van der Waals surface area contributed by atoms with Crippen LogP contribution in [0, 0.1) is 0 Å². The van der Waals surface area contributed by atoms with Gasteiger partial charge in [-0.3, -0.25) is 0 Å². The molecule has 0 unspecified atom stereocenters. The first-order valence-electron chi connectivity index (χ1n) is 5.75. The fraction of sp³-hybridized carbons (Fsp3) is 0.636. The summed E-state index contributed by atoms with van der Waals surface area (Å²) in [6.45, 7) is 4.46. The summed E-state index contributed by atoms with van der Waals surface area (Å²) in [6.07, 6.45) is 5.47. The number of hydrogen-bond donors (Lipinski definition) is 1. The van der Waals surface area contributed by atoms with Crippen LogP contribution in [0.5, 0.6) is 5.75 Å². The molecule has 16 heavy (non-hydrogen) atoms. The van der Waals surface area contributed by atoms with Crippen LogP contribution in [0.15, 0.2) is 12.4 Å². The lowest BCUT2D eigenvalue weighted by molar-refractivity contribution is 0.337. The van der Waals surface area contributed by atoms with Crippen molar-refractivity contribution in [3.05, 3.63) is 12.4 Å². The van der Waals surface area contributed by atoms with E-state index in [0.29, 0.717) is 12.6 Å². The Balaban J connectivity index is 1.98. The molecule has 1 fully saturated rings. The predicted molar refractivity (Wildman–Crippen MR) is 62.6 cm³/mol. The molecule has 1 saturated heterocycles. The molecule has 1 aromatic heterocycles. The number of anilines is 1. The molecule has 0 amide bonds. The van der Waals surface area contributed by atoms with E-state index >= 15 is 0 Å². The number of piperidine rings is 1. The molecule has 0 radical (unpaired) electrons. The number of nitrogens with two attached hydrogens (primary N) is 1.